The van der Waals surface area contributed by atoms with Crippen molar-refractivity contribution >= 4 is 15.9 Å². The fourth-order valence-electron chi connectivity index (χ4n) is 2.49. The van der Waals surface area contributed by atoms with E-state index in [0.717, 1.165) is 11.1 Å². The number of nitrogens with one attached hydrogen (secondary N) is 1. The van der Waals surface area contributed by atoms with Crippen LogP contribution in [-0.2, 0) is 21.9 Å². The zero-order valence-electron chi connectivity index (χ0n) is 13.0. The van der Waals surface area contributed by atoms with Crippen LogP contribution in [0.5, 0.6) is 5.75 Å². The van der Waals surface area contributed by atoms with E-state index in [9.17, 15) is 13.2 Å². The van der Waals surface area contributed by atoms with Crippen molar-refractivity contribution < 1.29 is 17.9 Å². The van der Waals surface area contributed by atoms with Crippen molar-refractivity contribution in [2.75, 3.05) is 6.61 Å². The highest BCUT2D eigenvalue weighted by Gasteiger charge is 2.33. The van der Waals surface area contributed by atoms with Gasteiger partial charge in [0, 0.05) is 18.8 Å². The van der Waals surface area contributed by atoms with E-state index in [4.69, 9.17) is 4.74 Å². The van der Waals surface area contributed by atoms with Crippen molar-refractivity contribution in [1.82, 2.24) is 14.5 Å². The first-order valence-electron chi connectivity index (χ1n) is 7.07. The monoisotopic (exact) mass is 335 g/mol. The van der Waals surface area contributed by atoms with E-state index >= 15 is 0 Å². The number of aryl methyl sites for hydroxylation is 3. The highest BCUT2D eigenvalue weighted by Crippen LogP contribution is 2.36. The second kappa shape index (κ2) is 5.38. The van der Waals surface area contributed by atoms with E-state index in [0.29, 0.717) is 11.3 Å². The van der Waals surface area contributed by atoms with Gasteiger partial charge in [-0.1, -0.05) is 6.07 Å². The van der Waals surface area contributed by atoms with Gasteiger partial charge in [-0.3, -0.25) is 9.48 Å². The summed E-state index contributed by atoms with van der Waals surface area (Å²) >= 11 is 0. The first-order chi connectivity index (χ1) is 10.8. The topological polar surface area (TPSA) is 90.3 Å². The molecule has 3 rings (SSSR count). The summed E-state index contributed by atoms with van der Waals surface area (Å²) in [4.78, 5) is 12.4. The van der Waals surface area contributed by atoms with E-state index in [1.807, 2.05) is 26.0 Å². The molecule has 8 heteroatoms. The number of hydrogen-bond acceptors (Lipinski definition) is 5. The van der Waals surface area contributed by atoms with Gasteiger partial charge in [-0.05, 0) is 31.0 Å². The van der Waals surface area contributed by atoms with Gasteiger partial charge in [-0.2, -0.15) is 5.10 Å². The van der Waals surface area contributed by atoms with Gasteiger partial charge in [-0.25, -0.2) is 13.1 Å². The predicted molar refractivity (Wildman–Crippen MR) is 82.7 cm³/mol. The molecule has 122 valence electrons. The summed E-state index contributed by atoms with van der Waals surface area (Å²) in [7, 11) is -2.33. The number of rotatable bonds is 3. The van der Waals surface area contributed by atoms with Crippen molar-refractivity contribution in [3.8, 4) is 5.75 Å². The Kier molecular flexibility index (Phi) is 3.63. The largest absolute Gasteiger partial charge is 0.492 e. The van der Waals surface area contributed by atoms with Gasteiger partial charge in [0.1, 0.15) is 23.2 Å². The second-order valence-corrected chi connectivity index (χ2v) is 7.34. The first kappa shape index (κ1) is 15.5. The molecule has 0 radical (unpaired) electrons. The number of carbonyl (C=O) groups is 1. The molecule has 1 aromatic heterocycles. The van der Waals surface area contributed by atoms with E-state index < -0.39 is 21.8 Å². The third-order valence-corrected chi connectivity index (χ3v) is 5.25. The van der Waals surface area contributed by atoms with Gasteiger partial charge in [-0.15, -0.1) is 0 Å². The molecule has 0 saturated heterocycles. The van der Waals surface area contributed by atoms with Crippen LogP contribution in [-0.4, -0.2) is 30.7 Å². The smallest absolute Gasteiger partial charge is 0.267 e. The molecule has 1 aliphatic rings. The third kappa shape index (κ3) is 2.81. The summed E-state index contributed by atoms with van der Waals surface area (Å²) in [5, 5.41) is 3.81. The van der Waals surface area contributed by atoms with Gasteiger partial charge in [0.15, 0.2) is 0 Å². The molecule has 0 saturated carbocycles. The maximum Gasteiger partial charge on any atom is 0.267 e. The minimum atomic E-state index is -3.94. The van der Waals surface area contributed by atoms with Crippen molar-refractivity contribution in [2.24, 2.45) is 7.05 Å². The van der Waals surface area contributed by atoms with Crippen LogP contribution in [0, 0.1) is 13.8 Å². The number of aromatic nitrogens is 2. The average molecular weight is 335 g/mol. The lowest BCUT2D eigenvalue weighted by Crippen LogP contribution is -2.35. The van der Waals surface area contributed by atoms with E-state index in [1.54, 1.807) is 7.05 Å². The number of carbonyl (C=O) groups excluding carboxylic acids is 1. The number of nitrogens with zero attached hydrogens (tertiary/aromatic N) is 2. The van der Waals surface area contributed by atoms with Crippen LogP contribution in [0.3, 0.4) is 0 Å². The molecule has 2 aromatic rings. The Balaban J connectivity index is 1.85. The summed E-state index contributed by atoms with van der Waals surface area (Å²) in [6.07, 6.45) is 2.53. The Hall–Kier alpha value is -2.35. The molecular formula is C15H17N3O4S. The van der Waals surface area contributed by atoms with Crippen LogP contribution in [0.4, 0.5) is 0 Å². The maximum absolute atomic E-state index is 12.4. The summed E-state index contributed by atoms with van der Waals surface area (Å²) < 4.78 is 33.4. The molecule has 0 fully saturated rings. The SMILES string of the molecule is Cc1cc2c(cc1C)C(C(=O)NS(=O)(=O)c1cnn(C)c1)CO2. The number of benzene rings is 1. The maximum atomic E-state index is 12.4. The lowest BCUT2D eigenvalue weighted by molar-refractivity contribution is -0.120. The lowest BCUT2D eigenvalue weighted by Gasteiger charge is -2.11. The molecule has 0 bridgehead atoms. The van der Waals surface area contributed by atoms with Crippen molar-refractivity contribution in [2.45, 2.75) is 24.7 Å². The molecule has 1 unspecified atom stereocenters. The van der Waals surface area contributed by atoms with Crippen molar-refractivity contribution in [3.63, 3.8) is 0 Å². The standard InChI is InChI=1S/C15H17N3O4S/c1-9-4-12-13(8-22-14(12)5-10(9)2)15(19)17-23(20,21)11-6-16-18(3)7-11/h4-7,13H,8H2,1-3H3,(H,17,19). The molecule has 0 aliphatic carbocycles. The molecule has 2 heterocycles. The Labute approximate surface area is 134 Å². The van der Waals surface area contributed by atoms with E-state index in [-0.39, 0.29) is 11.5 Å². The van der Waals surface area contributed by atoms with Gasteiger partial charge in [0.25, 0.3) is 10.0 Å². The van der Waals surface area contributed by atoms with E-state index in [2.05, 4.69) is 9.82 Å². The molecule has 1 aromatic carbocycles. The fraction of sp³-hybridized carbons (Fsp3) is 0.333. The Morgan fingerprint density at radius 2 is 2.04 bits per heavy atom. The third-order valence-electron chi connectivity index (χ3n) is 3.95. The van der Waals surface area contributed by atoms with Crippen LogP contribution in [0.1, 0.15) is 22.6 Å². The van der Waals surface area contributed by atoms with Gasteiger partial charge in [0.2, 0.25) is 5.91 Å². The summed E-state index contributed by atoms with van der Waals surface area (Å²) in [5.74, 6) is -0.612. The highest BCUT2D eigenvalue weighted by atomic mass is 32.2. The molecule has 1 amide bonds. The Bertz CT molecular complexity index is 886. The fourth-order valence-corrected chi connectivity index (χ4v) is 3.49. The van der Waals surface area contributed by atoms with Gasteiger partial charge in [0.05, 0.1) is 6.20 Å². The van der Waals surface area contributed by atoms with Crippen LogP contribution in [0.2, 0.25) is 0 Å². The van der Waals surface area contributed by atoms with Crippen molar-refractivity contribution in [1.29, 1.82) is 0 Å². The quantitative estimate of drug-likeness (QED) is 0.904. The molecular weight excluding hydrogens is 318 g/mol. The normalized spacial score (nSPS) is 16.7. The molecule has 1 aliphatic heterocycles. The highest BCUT2D eigenvalue weighted by molar-refractivity contribution is 7.90. The van der Waals surface area contributed by atoms with Gasteiger partial charge >= 0.3 is 0 Å². The minimum absolute atomic E-state index is 0.0485. The van der Waals surface area contributed by atoms with Crippen molar-refractivity contribution in [3.05, 3.63) is 41.2 Å². The van der Waals surface area contributed by atoms with Crippen LogP contribution >= 0.6 is 0 Å². The number of ether oxygens (including phenoxy) is 1. The van der Waals surface area contributed by atoms with Crippen LogP contribution < -0.4 is 9.46 Å². The molecule has 23 heavy (non-hydrogen) atoms. The van der Waals surface area contributed by atoms with E-state index in [1.165, 1.54) is 17.1 Å². The average Bonchev–Trinajstić information content (AvgIpc) is 3.06. The first-order valence-corrected chi connectivity index (χ1v) is 8.55. The van der Waals surface area contributed by atoms with Crippen LogP contribution in [0.15, 0.2) is 29.4 Å². The predicted octanol–water partition coefficient (Wildman–Crippen LogP) is 1.02. The Morgan fingerprint density at radius 1 is 1.35 bits per heavy atom. The minimum Gasteiger partial charge on any atom is -0.492 e. The molecule has 7 nitrogen and oxygen atoms in total. The second-order valence-electron chi connectivity index (χ2n) is 5.66. The zero-order chi connectivity index (χ0) is 16.8. The summed E-state index contributed by atoms with van der Waals surface area (Å²) in [6.45, 7) is 4.03. The van der Waals surface area contributed by atoms with Crippen LogP contribution in [0.25, 0.3) is 0 Å². The lowest BCUT2D eigenvalue weighted by atomic mass is 9.97. The Morgan fingerprint density at radius 3 is 2.70 bits per heavy atom. The molecule has 0 spiro atoms. The number of sulfonamides is 1. The number of amides is 1. The summed E-state index contributed by atoms with van der Waals surface area (Å²) in [6, 6.07) is 3.74. The number of fused-ring (bicyclic) bond motifs is 1. The zero-order valence-corrected chi connectivity index (χ0v) is 13.8. The number of hydrogen-bond donors (Lipinski definition) is 1. The summed E-state index contributed by atoms with van der Waals surface area (Å²) in [5.41, 5.74) is 2.81. The molecule has 1 N–H and O–H groups in total. The van der Waals surface area contributed by atoms with Gasteiger partial charge < -0.3 is 4.74 Å². The molecule has 1 atom stereocenters.